The lowest BCUT2D eigenvalue weighted by molar-refractivity contribution is -0.140. The summed E-state index contributed by atoms with van der Waals surface area (Å²) in [5.41, 5.74) is -1.24. The fourth-order valence-electron chi connectivity index (χ4n) is 3.78. The number of anilines is 1. The molecule has 0 bridgehead atoms. The highest BCUT2D eigenvalue weighted by Crippen LogP contribution is 2.37. The second kappa shape index (κ2) is 7.77. The number of fused-ring (bicyclic) bond motifs is 1. The second-order valence-electron chi connectivity index (χ2n) is 7.40. The SMILES string of the molecule is CC1NC(=O)NC(c2ccc(C(F)(F)F)c(F)c2F)C1C(=O)Nc1ccc2[nH]ncc2c1. The molecule has 3 unspecified atom stereocenters. The van der Waals surface area contributed by atoms with Crippen LogP contribution in [0.4, 0.5) is 32.4 Å². The van der Waals surface area contributed by atoms with Crippen molar-refractivity contribution < 1.29 is 31.5 Å². The maximum absolute atomic E-state index is 14.6. The molecule has 4 N–H and O–H groups in total. The van der Waals surface area contributed by atoms with Crippen LogP contribution in [-0.2, 0) is 11.0 Å². The Morgan fingerprint density at radius 2 is 1.84 bits per heavy atom. The van der Waals surface area contributed by atoms with Gasteiger partial charge in [-0.15, -0.1) is 0 Å². The average Bonchev–Trinajstić information content (AvgIpc) is 3.16. The maximum Gasteiger partial charge on any atom is 0.419 e. The van der Waals surface area contributed by atoms with Crippen molar-refractivity contribution in [3.05, 3.63) is 59.3 Å². The van der Waals surface area contributed by atoms with Crippen molar-refractivity contribution >= 4 is 28.5 Å². The Balaban J connectivity index is 1.68. The normalized spacial score (nSPS) is 21.2. The van der Waals surface area contributed by atoms with Crippen molar-refractivity contribution in [2.75, 3.05) is 5.32 Å². The Bertz CT molecular complexity index is 1210. The van der Waals surface area contributed by atoms with E-state index >= 15 is 0 Å². The van der Waals surface area contributed by atoms with Crippen LogP contribution in [0.1, 0.15) is 24.1 Å². The van der Waals surface area contributed by atoms with Gasteiger partial charge in [0.15, 0.2) is 11.6 Å². The summed E-state index contributed by atoms with van der Waals surface area (Å²) >= 11 is 0. The number of benzene rings is 2. The standard InChI is InChI=1S/C20H16F5N5O2/c1-8-14(18(31)28-10-2-5-13-9(6-10)7-26-30-13)17(29-19(32)27-8)11-3-4-12(20(23,24)25)16(22)15(11)21/h2-8,14,17H,1H3,(H,26,30)(H,28,31)(H2,27,29,32). The largest absolute Gasteiger partial charge is 0.419 e. The van der Waals surface area contributed by atoms with Crippen molar-refractivity contribution in [1.29, 1.82) is 0 Å². The van der Waals surface area contributed by atoms with Gasteiger partial charge in [0.1, 0.15) is 0 Å². The van der Waals surface area contributed by atoms with E-state index in [4.69, 9.17) is 0 Å². The number of aromatic nitrogens is 2. The number of nitrogens with zero attached hydrogens (tertiary/aromatic N) is 1. The van der Waals surface area contributed by atoms with Crippen LogP contribution >= 0.6 is 0 Å². The van der Waals surface area contributed by atoms with Crippen molar-refractivity contribution in [3.8, 4) is 0 Å². The third kappa shape index (κ3) is 3.83. The summed E-state index contributed by atoms with van der Waals surface area (Å²) in [6, 6.07) is 2.98. The molecule has 1 aliphatic heterocycles. The van der Waals surface area contributed by atoms with Gasteiger partial charge in [0.25, 0.3) is 0 Å². The van der Waals surface area contributed by atoms with Crippen molar-refractivity contribution in [2.24, 2.45) is 5.92 Å². The number of alkyl halides is 3. The summed E-state index contributed by atoms with van der Waals surface area (Å²) in [6.07, 6.45) is -3.56. The van der Waals surface area contributed by atoms with Gasteiger partial charge >= 0.3 is 12.2 Å². The molecule has 12 heteroatoms. The topological polar surface area (TPSA) is 98.9 Å². The van der Waals surface area contributed by atoms with Gasteiger partial charge in [-0.3, -0.25) is 9.89 Å². The van der Waals surface area contributed by atoms with Crippen molar-refractivity contribution in [3.63, 3.8) is 0 Å². The summed E-state index contributed by atoms with van der Waals surface area (Å²) in [7, 11) is 0. The van der Waals surface area contributed by atoms with Gasteiger partial charge in [0.05, 0.1) is 29.2 Å². The number of carbonyl (C=O) groups excluding carboxylic acids is 2. The molecule has 3 amide bonds. The van der Waals surface area contributed by atoms with Crippen LogP contribution < -0.4 is 16.0 Å². The molecule has 4 rings (SSSR count). The summed E-state index contributed by atoms with van der Waals surface area (Å²) in [6.45, 7) is 1.48. The van der Waals surface area contributed by atoms with E-state index < -0.39 is 58.9 Å². The first-order chi connectivity index (χ1) is 15.1. The fourth-order valence-corrected chi connectivity index (χ4v) is 3.78. The van der Waals surface area contributed by atoms with Crippen LogP contribution in [0.3, 0.4) is 0 Å². The second-order valence-corrected chi connectivity index (χ2v) is 7.40. The Kier molecular flexibility index (Phi) is 5.23. The van der Waals surface area contributed by atoms with E-state index in [9.17, 15) is 31.5 Å². The minimum atomic E-state index is -5.10. The molecular formula is C20H16F5N5O2. The summed E-state index contributed by atoms with van der Waals surface area (Å²) in [5, 5.41) is 14.8. The van der Waals surface area contributed by atoms with E-state index in [0.717, 1.165) is 11.6 Å². The molecule has 2 heterocycles. The Labute approximate surface area is 177 Å². The lowest BCUT2D eigenvalue weighted by atomic mass is 9.84. The number of carbonyl (C=O) groups is 2. The number of amides is 3. The Morgan fingerprint density at radius 3 is 2.56 bits per heavy atom. The van der Waals surface area contributed by atoms with E-state index in [1.807, 2.05) is 0 Å². The number of halogens is 5. The zero-order chi connectivity index (χ0) is 23.2. The quantitative estimate of drug-likeness (QED) is 0.454. The van der Waals surface area contributed by atoms with Crippen LogP contribution in [0.2, 0.25) is 0 Å². The number of hydrogen-bond acceptors (Lipinski definition) is 3. The van der Waals surface area contributed by atoms with Crippen LogP contribution in [0, 0.1) is 17.6 Å². The molecular weight excluding hydrogens is 437 g/mol. The molecule has 0 radical (unpaired) electrons. The minimum absolute atomic E-state index is 0.380. The average molecular weight is 453 g/mol. The fraction of sp³-hybridized carbons (Fsp3) is 0.250. The van der Waals surface area contributed by atoms with Gasteiger partial charge in [0, 0.05) is 22.7 Å². The molecule has 0 aliphatic carbocycles. The van der Waals surface area contributed by atoms with Crippen LogP contribution in [0.5, 0.6) is 0 Å². The third-order valence-corrected chi connectivity index (χ3v) is 5.31. The first-order valence-corrected chi connectivity index (χ1v) is 9.42. The van der Waals surface area contributed by atoms with Gasteiger partial charge in [0.2, 0.25) is 5.91 Å². The monoisotopic (exact) mass is 453 g/mol. The molecule has 3 atom stereocenters. The first-order valence-electron chi connectivity index (χ1n) is 9.42. The smallest absolute Gasteiger partial charge is 0.335 e. The Hall–Kier alpha value is -3.70. The minimum Gasteiger partial charge on any atom is -0.335 e. The highest BCUT2D eigenvalue weighted by molar-refractivity contribution is 5.97. The molecule has 1 aromatic heterocycles. The number of hydrogen-bond donors (Lipinski definition) is 4. The zero-order valence-electron chi connectivity index (χ0n) is 16.3. The molecule has 1 fully saturated rings. The van der Waals surface area contributed by atoms with Gasteiger partial charge in [-0.1, -0.05) is 6.07 Å². The van der Waals surface area contributed by atoms with E-state index in [1.165, 1.54) is 6.92 Å². The highest BCUT2D eigenvalue weighted by atomic mass is 19.4. The summed E-state index contributed by atoms with van der Waals surface area (Å²) < 4.78 is 67.5. The van der Waals surface area contributed by atoms with Gasteiger partial charge < -0.3 is 16.0 Å². The van der Waals surface area contributed by atoms with Crippen LogP contribution in [-0.4, -0.2) is 28.2 Å². The molecule has 168 valence electrons. The molecule has 1 aliphatic rings. The van der Waals surface area contributed by atoms with Crippen molar-refractivity contribution in [1.82, 2.24) is 20.8 Å². The molecule has 7 nitrogen and oxygen atoms in total. The van der Waals surface area contributed by atoms with Gasteiger partial charge in [-0.05, 0) is 31.2 Å². The predicted molar refractivity (Wildman–Crippen MR) is 103 cm³/mol. The number of nitrogens with one attached hydrogen (secondary N) is 4. The maximum atomic E-state index is 14.6. The first kappa shape index (κ1) is 21.5. The number of rotatable bonds is 3. The number of aromatic amines is 1. The van der Waals surface area contributed by atoms with E-state index in [-0.39, 0.29) is 0 Å². The summed E-state index contributed by atoms with van der Waals surface area (Å²) in [4.78, 5) is 25.0. The molecule has 1 saturated heterocycles. The molecule has 3 aromatic rings. The van der Waals surface area contributed by atoms with Crippen molar-refractivity contribution in [2.45, 2.75) is 25.2 Å². The van der Waals surface area contributed by atoms with Crippen LogP contribution in [0.15, 0.2) is 36.5 Å². The van der Waals surface area contributed by atoms with Gasteiger partial charge in [-0.2, -0.15) is 18.3 Å². The zero-order valence-corrected chi connectivity index (χ0v) is 16.3. The molecule has 0 spiro atoms. The Morgan fingerprint density at radius 1 is 1.09 bits per heavy atom. The van der Waals surface area contributed by atoms with Gasteiger partial charge in [-0.25, -0.2) is 13.6 Å². The lowest BCUT2D eigenvalue weighted by Crippen LogP contribution is -2.58. The molecule has 32 heavy (non-hydrogen) atoms. The molecule has 0 saturated carbocycles. The lowest BCUT2D eigenvalue weighted by Gasteiger charge is -2.37. The summed E-state index contributed by atoms with van der Waals surface area (Å²) in [5.74, 6) is -5.70. The van der Waals surface area contributed by atoms with E-state index in [2.05, 4.69) is 26.1 Å². The third-order valence-electron chi connectivity index (χ3n) is 5.31. The number of urea groups is 1. The number of H-pyrrole nitrogens is 1. The highest BCUT2D eigenvalue weighted by Gasteiger charge is 2.43. The molecule has 2 aromatic carbocycles. The predicted octanol–water partition coefficient (Wildman–Crippen LogP) is 3.86. The van der Waals surface area contributed by atoms with Crippen LogP contribution in [0.25, 0.3) is 10.9 Å². The van der Waals surface area contributed by atoms with E-state index in [1.54, 1.807) is 24.4 Å². The van der Waals surface area contributed by atoms with E-state index in [0.29, 0.717) is 17.1 Å².